The van der Waals surface area contributed by atoms with Gasteiger partial charge in [-0.2, -0.15) is 0 Å². The van der Waals surface area contributed by atoms with Crippen LogP contribution in [0.3, 0.4) is 0 Å². The highest BCUT2D eigenvalue weighted by Crippen LogP contribution is 2.33. The van der Waals surface area contributed by atoms with E-state index < -0.39 is 5.54 Å². The molecular formula is C21H31ClFN3O2. The van der Waals surface area contributed by atoms with Crippen molar-refractivity contribution >= 4 is 24.2 Å². The second-order valence-corrected chi connectivity index (χ2v) is 8.25. The van der Waals surface area contributed by atoms with Crippen molar-refractivity contribution in [3.8, 4) is 0 Å². The number of hydrogen-bond donors (Lipinski definition) is 2. The van der Waals surface area contributed by atoms with E-state index in [4.69, 9.17) is 5.73 Å². The maximum Gasteiger partial charge on any atom is 0.227 e. The van der Waals surface area contributed by atoms with E-state index in [1.54, 1.807) is 12.1 Å². The number of piperidine rings is 1. The predicted molar refractivity (Wildman–Crippen MR) is 109 cm³/mol. The highest BCUT2D eigenvalue weighted by atomic mass is 35.5. The lowest BCUT2D eigenvalue weighted by molar-refractivity contribution is -0.142. The standard InChI is InChI=1S/C21H30FN3O2.ClH/c1-21(23)11-3-2-4-18(21)20(27)25-12-9-16(10-13-25)19(26)24-14-15-5-7-17(22)8-6-15;/h5-8,16,18H,2-4,9-14,23H2,1H3,(H,24,26);1H. The Morgan fingerprint density at radius 3 is 2.43 bits per heavy atom. The van der Waals surface area contributed by atoms with E-state index in [9.17, 15) is 14.0 Å². The van der Waals surface area contributed by atoms with Crippen molar-refractivity contribution < 1.29 is 14.0 Å². The zero-order chi connectivity index (χ0) is 19.4. The molecule has 2 aliphatic rings. The molecule has 7 heteroatoms. The van der Waals surface area contributed by atoms with Crippen LogP contribution in [-0.2, 0) is 16.1 Å². The number of rotatable bonds is 4. The third-order valence-electron chi connectivity index (χ3n) is 6.11. The predicted octanol–water partition coefficient (Wildman–Crippen LogP) is 3.01. The van der Waals surface area contributed by atoms with Gasteiger partial charge >= 0.3 is 0 Å². The van der Waals surface area contributed by atoms with Gasteiger partial charge in [0.25, 0.3) is 0 Å². The number of nitrogens with zero attached hydrogens (tertiary/aromatic N) is 1. The van der Waals surface area contributed by atoms with Gasteiger partial charge in [-0.25, -0.2) is 4.39 Å². The van der Waals surface area contributed by atoms with Gasteiger partial charge in [-0.15, -0.1) is 12.4 Å². The molecule has 3 rings (SSSR count). The SMILES string of the molecule is CC1(N)CCCCC1C(=O)N1CCC(C(=O)NCc2ccc(F)cc2)CC1.Cl. The summed E-state index contributed by atoms with van der Waals surface area (Å²) in [6, 6.07) is 6.12. The number of carbonyl (C=O) groups excluding carboxylic acids is 2. The normalized spacial score (nSPS) is 25.7. The van der Waals surface area contributed by atoms with Crippen molar-refractivity contribution in [3.05, 3.63) is 35.6 Å². The molecule has 1 aliphatic carbocycles. The first-order valence-corrected chi connectivity index (χ1v) is 9.96. The number of halogens is 2. The first-order valence-electron chi connectivity index (χ1n) is 9.96. The van der Waals surface area contributed by atoms with Crippen molar-refractivity contribution in [1.29, 1.82) is 0 Å². The molecule has 0 bridgehead atoms. The Bertz CT molecular complexity index is 673. The molecule has 2 fully saturated rings. The topological polar surface area (TPSA) is 75.4 Å². The lowest BCUT2D eigenvalue weighted by atomic mass is 9.73. The molecule has 1 saturated heterocycles. The summed E-state index contributed by atoms with van der Waals surface area (Å²) in [6.45, 7) is 3.61. The summed E-state index contributed by atoms with van der Waals surface area (Å²) in [7, 11) is 0. The van der Waals surface area contributed by atoms with Crippen LogP contribution in [0.15, 0.2) is 24.3 Å². The van der Waals surface area contributed by atoms with Crippen molar-refractivity contribution in [2.45, 2.75) is 57.5 Å². The molecule has 0 aromatic heterocycles. The molecule has 1 aromatic rings. The molecule has 0 spiro atoms. The number of amides is 2. The van der Waals surface area contributed by atoms with Gasteiger partial charge in [0.05, 0.1) is 5.92 Å². The van der Waals surface area contributed by atoms with E-state index in [-0.39, 0.29) is 41.9 Å². The Morgan fingerprint density at radius 2 is 1.82 bits per heavy atom. The van der Waals surface area contributed by atoms with Gasteiger partial charge in [0.2, 0.25) is 11.8 Å². The third-order valence-corrected chi connectivity index (χ3v) is 6.11. The first-order chi connectivity index (χ1) is 12.9. The minimum atomic E-state index is -0.418. The molecular weight excluding hydrogens is 381 g/mol. The number of likely N-dealkylation sites (tertiary alicyclic amines) is 1. The average Bonchev–Trinajstić information content (AvgIpc) is 2.66. The fraction of sp³-hybridized carbons (Fsp3) is 0.619. The maximum absolute atomic E-state index is 12.9. The van der Waals surface area contributed by atoms with Gasteiger partial charge in [0.15, 0.2) is 0 Å². The Morgan fingerprint density at radius 1 is 1.18 bits per heavy atom. The van der Waals surface area contributed by atoms with E-state index in [1.165, 1.54) is 12.1 Å². The second kappa shape index (κ2) is 9.70. The van der Waals surface area contributed by atoms with Gasteiger partial charge < -0.3 is 16.0 Å². The molecule has 1 saturated carbocycles. The number of benzene rings is 1. The fourth-order valence-corrected chi connectivity index (χ4v) is 4.28. The molecule has 0 radical (unpaired) electrons. The smallest absolute Gasteiger partial charge is 0.227 e. The van der Waals surface area contributed by atoms with Gasteiger partial charge in [-0.1, -0.05) is 25.0 Å². The number of hydrogen-bond acceptors (Lipinski definition) is 3. The number of nitrogens with two attached hydrogens (primary N) is 1. The molecule has 1 heterocycles. The van der Waals surface area contributed by atoms with E-state index in [0.717, 1.165) is 31.2 Å². The Balaban J connectivity index is 0.00000280. The van der Waals surface area contributed by atoms with Crippen LogP contribution in [0.5, 0.6) is 0 Å². The average molecular weight is 412 g/mol. The van der Waals surface area contributed by atoms with Gasteiger partial charge in [0, 0.05) is 31.1 Å². The summed E-state index contributed by atoms with van der Waals surface area (Å²) in [5.74, 6) is -0.300. The third kappa shape index (κ3) is 5.45. The highest BCUT2D eigenvalue weighted by molar-refractivity contribution is 5.85. The summed E-state index contributed by atoms with van der Waals surface area (Å²) in [5, 5.41) is 2.92. The lowest BCUT2D eigenvalue weighted by Crippen LogP contribution is -2.55. The van der Waals surface area contributed by atoms with Gasteiger partial charge in [-0.05, 0) is 50.3 Å². The van der Waals surface area contributed by atoms with Crippen LogP contribution >= 0.6 is 12.4 Å². The van der Waals surface area contributed by atoms with E-state index in [1.807, 2.05) is 11.8 Å². The minimum absolute atomic E-state index is 0. The van der Waals surface area contributed by atoms with E-state index in [2.05, 4.69) is 5.32 Å². The minimum Gasteiger partial charge on any atom is -0.352 e. The van der Waals surface area contributed by atoms with Crippen molar-refractivity contribution in [2.75, 3.05) is 13.1 Å². The van der Waals surface area contributed by atoms with Crippen LogP contribution in [0, 0.1) is 17.7 Å². The van der Waals surface area contributed by atoms with Crippen LogP contribution in [0.2, 0.25) is 0 Å². The van der Waals surface area contributed by atoms with Crippen LogP contribution in [0.4, 0.5) is 4.39 Å². The summed E-state index contributed by atoms with van der Waals surface area (Å²) in [6.07, 6.45) is 5.26. The molecule has 3 N–H and O–H groups in total. The zero-order valence-electron chi connectivity index (χ0n) is 16.5. The van der Waals surface area contributed by atoms with Crippen LogP contribution in [0.1, 0.15) is 51.0 Å². The summed E-state index contributed by atoms with van der Waals surface area (Å²) in [4.78, 5) is 27.2. The molecule has 5 nitrogen and oxygen atoms in total. The van der Waals surface area contributed by atoms with Crippen molar-refractivity contribution in [1.82, 2.24) is 10.2 Å². The first kappa shape index (κ1) is 22.6. The fourth-order valence-electron chi connectivity index (χ4n) is 4.28. The van der Waals surface area contributed by atoms with Crippen molar-refractivity contribution in [2.24, 2.45) is 17.6 Å². The molecule has 2 unspecified atom stereocenters. The molecule has 156 valence electrons. The van der Waals surface area contributed by atoms with Gasteiger partial charge in [-0.3, -0.25) is 9.59 Å². The Labute approximate surface area is 172 Å². The molecule has 1 aliphatic heterocycles. The summed E-state index contributed by atoms with van der Waals surface area (Å²) < 4.78 is 12.9. The number of nitrogens with one attached hydrogen (secondary N) is 1. The lowest BCUT2D eigenvalue weighted by Gasteiger charge is -2.41. The van der Waals surface area contributed by atoms with Crippen molar-refractivity contribution in [3.63, 3.8) is 0 Å². The van der Waals surface area contributed by atoms with Crippen LogP contribution in [0.25, 0.3) is 0 Å². The highest BCUT2D eigenvalue weighted by Gasteiger charge is 2.40. The quantitative estimate of drug-likeness (QED) is 0.799. The summed E-state index contributed by atoms with van der Waals surface area (Å²) >= 11 is 0. The molecule has 2 amide bonds. The Kier molecular flexibility index (Phi) is 7.84. The molecule has 28 heavy (non-hydrogen) atoms. The number of carbonyl (C=O) groups is 2. The second-order valence-electron chi connectivity index (χ2n) is 8.25. The molecule has 2 atom stereocenters. The van der Waals surface area contributed by atoms with Crippen LogP contribution in [-0.4, -0.2) is 35.3 Å². The Hall–Kier alpha value is -1.66. The summed E-state index contributed by atoms with van der Waals surface area (Å²) in [5.41, 5.74) is 6.83. The van der Waals surface area contributed by atoms with Gasteiger partial charge in [0.1, 0.15) is 5.82 Å². The van der Waals surface area contributed by atoms with E-state index >= 15 is 0 Å². The zero-order valence-corrected chi connectivity index (χ0v) is 17.3. The van der Waals surface area contributed by atoms with Crippen LogP contribution < -0.4 is 11.1 Å². The van der Waals surface area contributed by atoms with E-state index in [0.29, 0.717) is 32.5 Å². The monoisotopic (exact) mass is 411 g/mol. The largest absolute Gasteiger partial charge is 0.352 e. The molecule has 1 aromatic carbocycles. The maximum atomic E-state index is 12.9.